The number of hydrogen-bond acceptors (Lipinski definition) is 4. The molecule has 0 spiro atoms. The zero-order chi connectivity index (χ0) is 11.4. The highest BCUT2D eigenvalue weighted by atomic mass is 16.5. The summed E-state index contributed by atoms with van der Waals surface area (Å²) in [6.45, 7) is 3.68. The molecule has 0 fully saturated rings. The van der Waals surface area contributed by atoms with E-state index >= 15 is 0 Å². The van der Waals surface area contributed by atoms with Crippen molar-refractivity contribution in [3.63, 3.8) is 0 Å². The van der Waals surface area contributed by atoms with E-state index in [9.17, 15) is 0 Å². The Morgan fingerprint density at radius 1 is 1.50 bits per heavy atom. The molecule has 0 amide bonds. The second kappa shape index (κ2) is 4.88. The van der Waals surface area contributed by atoms with Crippen molar-refractivity contribution < 1.29 is 4.74 Å². The Morgan fingerprint density at radius 2 is 2.31 bits per heavy atom. The Hall–Kier alpha value is -1.71. The van der Waals surface area contributed by atoms with Crippen LogP contribution in [0.3, 0.4) is 0 Å². The standard InChI is InChI=1S/C12H17N3O/c1-9-7-13-12(15-9)14-8-10-5-3-4-6-11(10)16-2/h3-6,9H,7-8H2,1-2H3,(H2,13,14,15). The highest BCUT2D eigenvalue weighted by Gasteiger charge is 2.12. The molecule has 0 bridgehead atoms. The first-order valence-corrected chi connectivity index (χ1v) is 5.46. The molecular weight excluding hydrogens is 202 g/mol. The van der Waals surface area contributed by atoms with Crippen molar-refractivity contribution >= 4 is 5.96 Å². The molecule has 1 heterocycles. The molecule has 1 aromatic carbocycles. The maximum Gasteiger partial charge on any atom is 0.191 e. The van der Waals surface area contributed by atoms with E-state index in [1.165, 1.54) is 0 Å². The Labute approximate surface area is 95.7 Å². The first kappa shape index (κ1) is 10.8. The molecule has 0 radical (unpaired) electrons. The molecule has 0 saturated heterocycles. The number of nitrogens with zero attached hydrogens (tertiary/aromatic N) is 1. The van der Waals surface area contributed by atoms with E-state index in [1.54, 1.807) is 7.11 Å². The van der Waals surface area contributed by atoms with Crippen LogP contribution in [-0.4, -0.2) is 25.7 Å². The third-order valence-corrected chi connectivity index (χ3v) is 2.55. The second-order valence-corrected chi connectivity index (χ2v) is 3.90. The lowest BCUT2D eigenvalue weighted by atomic mass is 10.2. The van der Waals surface area contributed by atoms with Crippen LogP contribution in [0.25, 0.3) is 0 Å². The predicted molar refractivity (Wildman–Crippen MR) is 64.7 cm³/mol. The Balaban J connectivity index is 1.94. The largest absolute Gasteiger partial charge is 0.496 e. The van der Waals surface area contributed by atoms with Crippen LogP contribution in [0.2, 0.25) is 0 Å². The topological polar surface area (TPSA) is 45.6 Å². The van der Waals surface area contributed by atoms with Gasteiger partial charge in [-0.25, -0.2) is 0 Å². The van der Waals surface area contributed by atoms with Gasteiger partial charge in [-0.05, 0) is 13.0 Å². The molecule has 0 aromatic heterocycles. The smallest absolute Gasteiger partial charge is 0.191 e. The maximum absolute atomic E-state index is 5.28. The lowest BCUT2D eigenvalue weighted by molar-refractivity contribution is 0.409. The van der Waals surface area contributed by atoms with Crippen LogP contribution >= 0.6 is 0 Å². The van der Waals surface area contributed by atoms with Gasteiger partial charge in [0.05, 0.1) is 13.7 Å². The molecule has 2 rings (SSSR count). The van der Waals surface area contributed by atoms with Crippen LogP contribution in [0.5, 0.6) is 5.75 Å². The average molecular weight is 219 g/mol. The Morgan fingerprint density at radius 3 is 3.00 bits per heavy atom. The van der Waals surface area contributed by atoms with E-state index in [0.717, 1.165) is 30.4 Å². The van der Waals surface area contributed by atoms with Crippen LogP contribution in [0.15, 0.2) is 29.3 Å². The van der Waals surface area contributed by atoms with Crippen molar-refractivity contribution in [2.45, 2.75) is 19.5 Å². The zero-order valence-electron chi connectivity index (χ0n) is 9.66. The third-order valence-electron chi connectivity index (χ3n) is 2.55. The summed E-state index contributed by atoms with van der Waals surface area (Å²) in [6.07, 6.45) is 0. The monoisotopic (exact) mass is 219 g/mol. The van der Waals surface area contributed by atoms with Crippen molar-refractivity contribution in [1.82, 2.24) is 10.6 Å². The van der Waals surface area contributed by atoms with Gasteiger partial charge in [-0.2, -0.15) is 0 Å². The van der Waals surface area contributed by atoms with Crippen molar-refractivity contribution in [3.8, 4) is 5.75 Å². The number of guanidine groups is 1. The zero-order valence-corrected chi connectivity index (χ0v) is 9.66. The number of para-hydroxylation sites is 1. The molecular formula is C12H17N3O. The van der Waals surface area contributed by atoms with E-state index in [-0.39, 0.29) is 0 Å². The summed E-state index contributed by atoms with van der Waals surface area (Å²) in [4.78, 5) is 4.34. The molecule has 1 aliphatic rings. The van der Waals surface area contributed by atoms with Crippen molar-refractivity contribution in [2.75, 3.05) is 13.7 Å². The van der Waals surface area contributed by atoms with Gasteiger partial charge >= 0.3 is 0 Å². The molecule has 1 unspecified atom stereocenters. The molecule has 1 aliphatic heterocycles. The fourth-order valence-electron chi connectivity index (χ4n) is 1.69. The van der Waals surface area contributed by atoms with Crippen LogP contribution < -0.4 is 15.4 Å². The molecule has 1 atom stereocenters. The lowest BCUT2D eigenvalue weighted by Crippen LogP contribution is -2.37. The van der Waals surface area contributed by atoms with Crippen molar-refractivity contribution in [1.29, 1.82) is 0 Å². The van der Waals surface area contributed by atoms with Gasteiger partial charge in [-0.3, -0.25) is 4.99 Å². The normalized spacial score (nSPS) is 18.9. The quantitative estimate of drug-likeness (QED) is 0.801. The Kier molecular flexibility index (Phi) is 3.29. The van der Waals surface area contributed by atoms with Gasteiger partial charge < -0.3 is 15.4 Å². The molecule has 86 valence electrons. The van der Waals surface area contributed by atoms with Gasteiger partial charge in [0.15, 0.2) is 5.96 Å². The fourth-order valence-corrected chi connectivity index (χ4v) is 1.69. The predicted octanol–water partition coefficient (Wildman–Crippen LogP) is 1.13. The molecule has 4 nitrogen and oxygen atoms in total. The molecule has 16 heavy (non-hydrogen) atoms. The second-order valence-electron chi connectivity index (χ2n) is 3.90. The lowest BCUT2D eigenvalue weighted by Gasteiger charge is -2.11. The summed E-state index contributed by atoms with van der Waals surface area (Å²) in [5, 5.41) is 6.52. The maximum atomic E-state index is 5.28. The summed E-state index contributed by atoms with van der Waals surface area (Å²) in [7, 11) is 1.69. The van der Waals surface area contributed by atoms with E-state index < -0.39 is 0 Å². The fraction of sp³-hybridized carbons (Fsp3) is 0.417. The number of nitrogens with one attached hydrogen (secondary N) is 2. The van der Waals surface area contributed by atoms with Gasteiger partial charge in [0.25, 0.3) is 0 Å². The third kappa shape index (κ3) is 2.45. The highest BCUT2D eigenvalue weighted by Crippen LogP contribution is 2.16. The molecule has 0 saturated carbocycles. The number of methoxy groups -OCH3 is 1. The minimum absolute atomic E-state index is 0.431. The highest BCUT2D eigenvalue weighted by molar-refractivity contribution is 5.81. The minimum atomic E-state index is 0.431. The number of hydrogen-bond donors (Lipinski definition) is 2. The van der Waals surface area contributed by atoms with Gasteiger partial charge in [-0.1, -0.05) is 18.2 Å². The van der Waals surface area contributed by atoms with Crippen LogP contribution in [0.1, 0.15) is 12.5 Å². The van der Waals surface area contributed by atoms with Crippen LogP contribution in [-0.2, 0) is 6.54 Å². The minimum Gasteiger partial charge on any atom is -0.496 e. The first-order valence-electron chi connectivity index (χ1n) is 5.46. The summed E-state index contributed by atoms with van der Waals surface area (Å²) < 4.78 is 5.28. The number of ether oxygens (including phenoxy) is 1. The molecule has 2 N–H and O–H groups in total. The molecule has 4 heteroatoms. The first-order chi connectivity index (χ1) is 7.79. The van der Waals surface area contributed by atoms with E-state index in [1.807, 2.05) is 24.3 Å². The molecule has 0 aliphatic carbocycles. The van der Waals surface area contributed by atoms with Gasteiger partial charge in [0, 0.05) is 18.2 Å². The summed E-state index contributed by atoms with van der Waals surface area (Å²) in [5.41, 5.74) is 1.13. The van der Waals surface area contributed by atoms with Crippen LogP contribution in [0.4, 0.5) is 0 Å². The van der Waals surface area contributed by atoms with E-state index in [2.05, 4.69) is 22.5 Å². The number of aliphatic imine (C=N–C) groups is 1. The summed E-state index contributed by atoms with van der Waals surface area (Å²) in [5.74, 6) is 1.78. The summed E-state index contributed by atoms with van der Waals surface area (Å²) in [6, 6.07) is 8.41. The molecule has 1 aromatic rings. The number of rotatable bonds is 3. The average Bonchev–Trinajstić information content (AvgIpc) is 2.73. The van der Waals surface area contributed by atoms with E-state index in [4.69, 9.17) is 4.74 Å². The van der Waals surface area contributed by atoms with E-state index in [0.29, 0.717) is 6.04 Å². The van der Waals surface area contributed by atoms with Crippen LogP contribution in [0, 0.1) is 0 Å². The van der Waals surface area contributed by atoms with Crippen molar-refractivity contribution in [3.05, 3.63) is 29.8 Å². The Bertz CT molecular complexity index is 390. The van der Waals surface area contributed by atoms with Gasteiger partial charge in [0.1, 0.15) is 5.75 Å². The number of benzene rings is 1. The van der Waals surface area contributed by atoms with Crippen molar-refractivity contribution in [2.24, 2.45) is 4.99 Å². The van der Waals surface area contributed by atoms with Gasteiger partial charge in [-0.15, -0.1) is 0 Å². The van der Waals surface area contributed by atoms with Gasteiger partial charge in [0.2, 0.25) is 0 Å². The summed E-state index contributed by atoms with van der Waals surface area (Å²) >= 11 is 0. The SMILES string of the molecule is COc1ccccc1CNC1=NCC(C)N1.